The molecule has 0 aliphatic carbocycles. The van der Waals surface area contributed by atoms with Gasteiger partial charge in [0.1, 0.15) is 19.6 Å². The number of fused-ring (bicyclic) bond motifs is 2. The molecular formula is C9H15BO3S. The van der Waals surface area contributed by atoms with Crippen LogP contribution >= 0.6 is 11.8 Å². The summed E-state index contributed by atoms with van der Waals surface area (Å²) in [5.74, 6) is 1.07. The van der Waals surface area contributed by atoms with Crippen molar-refractivity contribution in [1.29, 1.82) is 0 Å². The molecule has 2 rings (SSSR count). The van der Waals surface area contributed by atoms with Crippen LogP contribution < -0.4 is 0 Å². The molecule has 14 heavy (non-hydrogen) atoms. The van der Waals surface area contributed by atoms with Gasteiger partial charge >= 0.3 is 0 Å². The molecule has 2 saturated heterocycles. The lowest BCUT2D eigenvalue weighted by Gasteiger charge is -2.37. The lowest BCUT2D eigenvalue weighted by Crippen LogP contribution is -2.50. The van der Waals surface area contributed by atoms with E-state index in [4.69, 9.17) is 22.1 Å². The molecule has 4 atom stereocenters. The number of thioether (sulfide) groups is 1. The zero-order valence-electron chi connectivity index (χ0n) is 8.56. The molecular weight excluding hydrogens is 199 g/mol. The third-order valence-corrected chi connectivity index (χ3v) is 4.33. The van der Waals surface area contributed by atoms with Gasteiger partial charge in [0.15, 0.2) is 0 Å². The summed E-state index contributed by atoms with van der Waals surface area (Å²) < 4.78 is 16.5. The number of rotatable bonds is 3. The SMILES string of the molecule is [B][C@@H]1O[C@@]2(COC)CCS[C@H]1C2OC. The number of hydrogen-bond acceptors (Lipinski definition) is 4. The van der Waals surface area contributed by atoms with E-state index in [1.54, 1.807) is 14.2 Å². The molecule has 3 nitrogen and oxygen atoms in total. The highest BCUT2D eigenvalue weighted by molar-refractivity contribution is 8.00. The first kappa shape index (κ1) is 10.8. The van der Waals surface area contributed by atoms with Crippen molar-refractivity contribution in [3.05, 3.63) is 0 Å². The monoisotopic (exact) mass is 214 g/mol. The largest absolute Gasteiger partial charge is 0.382 e. The quantitative estimate of drug-likeness (QED) is 0.636. The fraction of sp³-hybridized carbons (Fsp3) is 1.00. The fourth-order valence-corrected chi connectivity index (χ4v) is 3.92. The minimum absolute atomic E-state index is 0.0659. The Morgan fingerprint density at radius 2 is 2.36 bits per heavy atom. The summed E-state index contributed by atoms with van der Waals surface area (Å²) in [4.78, 5) is 0. The Kier molecular flexibility index (Phi) is 3.12. The minimum atomic E-state index is -0.307. The Balaban J connectivity index is 2.20. The third kappa shape index (κ3) is 1.50. The Labute approximate surface area is 90.3 Å². The Morgan fingerprint density at radius 3 is 3.00 bits per heavy atom. The highest BCUT2D eigenvalue weighted by Crippen LogP contribution is 2.46. The zero-order chi connectivity index (χ0) is 10.2. The van der Waals surface area contributed by atoms with Crippen molar-refractivity contribution < 1.29 is 14.2 Å². The van der Waals surface area contributed by atoms with Crippen molar-refractivity contribution in [3.63, 3.8) is 0 Å². The second kappa shape index (κ2) is 4.04. The van der Waals surface area contributed by atoms with E-state index in [2.05, 4.69) is 0 Å². The highest BCUT2D eigenvalue weighted by Gasteiger charge is 2.56. The molecule has 0 aromatic rings. The van der Waals surface area contributed by atoms with Gasteiger partial charge in [0.05, 0.1) is 11.9 Å². The molecule has 0 amide bonds. The Morgan fingerprint density at radius 1 is 1.57 bits per heavy atom. The molecule has 1 unspecified atom stereocenters. The molecule has 78 valence electrons. The van der Waals surface area contributed by atoms with E-state index in [1.165, 1.54) is 0 Å². The summed E-state index contributed by atoms with van der Waals surface area (Å²) in [6.07, 6.45) is 1.02. The van der Waals surface area contributed by atoms with Crippen molar-refractivity contribution in [3.8, 4) is 0 Å². The van der Waals surface area contributed by atoms with Crippen molar-refractivity contribution in [2.24, 2.45) is 0 Å². The maximum absolute atomic E-state index is 5.92. The first-order chi connectivity index (χ1) is 6.73. The summed E-state index contributed by atoms with van der Waals surface area (Å²) in [6, 6.07) is -0.220. The molecule has 2 bridgehead atoms. The highest BCUT2D eigenvalue weighted by atomic mass is 32.2. The van der Waals surface area contributed by atoms with Gasteiger partial charge in [-0.1, -0.05) is 0 Å². The molecule has 0 N–H and O–H groups in total. The number of methoxy groups -OCH3 is 2. The summed E-state index contributed by atoms with van der Waals surface area (Å²) in [5.41, 5.74) is -0.307. The van der Waals surface area contributed by atoms with Crippen molar-refractivity contribution >= 4 is 19.6 Å². The lowest BCUT2D eigenvalue weighted by atomic mass is 9.89. The van der Waals surface area contributed by atoms with Crippen LogP contribution in [0, 0.1) is 0 Å². The first-order valence-electron chi connectivity index (χ1n) is 4.80. The van der Waals surface area contributed by atoms with E-state index in [0.717, 1.165) is 12.2 Å². The lowest BCUT2D eigenvalue weighted by molar-refractivity contribution is -0.117. The van der Waals surface area contributed by atoms with E-state index in [9.17, 15) is 0 Å². The van der Waals surface area contributed by atoms with Crippen LogP contribution in [0.2, 0.25) is 0 Å². The van der Waals surface area contributed by atoms with E-state index < -0.39 is 0 Å². The van der Waals surface area contributed by atoms with Crippen LogP contribution in [0.3, 0.4) is 0 Å². The van der Waals surface area contributed by atoms with Crippen LogP contribution in [0.1, 0.15) is 6.42 Å². The van der Waals surface area contributed by atoms with Crippen LogP contribution in [0.4, 0.5) is 0 Å². The molecule has 0 aromatic heterocycles. The van der Waals surface area contributed by atoms with E-state index >= 15 is 0 Å². The number of hydrogen-bond donors (Lipinski definition) is 0. The summed E-state index contributed by atoms with van der Waals surface area (Å²) in [5, 5.41) is 0.254. The average molecular weight is 214 g/mol. The summed E-state index contributed by atoms with van der Waals surface area (Å²) in [6.45, 7) is 0.566. The summed E-state index contributed by atoms with van der Waals surface area (Å²) >= 11 is 1.84. The summed E-state index contributed by atoms with van der Waals surface area (Å²) in [7, 11) is 9.33. The van der Waals surface area contributed by atoms with E-state index in [1.807, 2.05) is 11.8 Å². The van der Waals surface area contributed by atoms with Crippen molar-refractivity contribution in [2.45, 2.75) is 29.4 Å². The van der Waals surface area contributed by atoms with Gasteiger partial charge in [-0.2, -0.15) is 11.8 Å². The van der Waals surface area contributed by atoms with Crippen molar-refractivity contribution in [2.75, 3.05) is 26.6 Å². The average Bonchev–Trinajstić information content (AvgIpc) is 2.30. The van der Waals surface area contributed by atoms with Gasteiger partial charge in [0.2, 0.25) is 0 Å². The Hall–Kier alpha value is 0.295. The Bertz CT molecular complexity index is 212. The van der Waals surface area contributed by atoms with E-state index in [0.29, 0.717) is 6.61 Å². The zero-order valence-corrected chi connectivity index (χ0v) is 9.38. The fourth-order valence-electron chi connectivity index (χ4n) is 2.41. The normalized spacial score (nSPS) is 46.9. The minimum Gasteiger partial charge on any atom is -0.382 e. The molecule has 2 aliphatic heterocycles. The molecule has 2 fully saturated rings. The number of ether oxygens (including phenoxy) is 3. The smallest absolute Gasteiger partial charge is 0.119 e. The molecule has 0 saturated carbocycles. The van der Waals surface area contributed by atoms with Gasteiger partial charge in [-0.3, -0.25) is 0 Å². The maximum atomic E-state index is 5.92. The van der Waals surface area contributed by atoms with Crippen molar-refractivity contribution in [1.82, 2.24) is 0 Å². The molecule has 2 heterocycles. The standard InChI is InChI=1S/C9H15BO3S/c1-11-5-9-3-4-14-6(7(9)12-2)8(10)13-9/h6-8H,3-5H2,1-2H3/t6-,7?,8+,9+/m0/s1. The van der Waals surface area contributed by atoms with Gasteiger partial charge in [0, 0.05) is 20.2 Å². The molecule has 2 aliphatic rings. The van der Waals surface area contributed by atoms with E-state index in [-0.39, 0.29) is 23.0 Å². The topological polar surface area (TPSA) is 27.7 Å². The predicted octanol–water partition coefficient (Wildman–Crippen LogP) is 0.417. The second-order valence-electron chi connectivity index (χ2n) is 3.82. The second-order valence-corrected chi connectivity index (χ2v) is 5.11. The van der Waals surface area contributed by atoms with Gasteiger partial charge in [-0.15, -0.1) is 0 Å². The van der Waals surface area contributed by atoms with Gasteiger partial charge < -0.3 is 14.2 Å². The van der Waals surface area contributed by atoms with Crippen LogP contribution in [-0.2, 0) is 14.2 Å². The van der Waals surface area contributed by atoms with Crippen LogP contribution in [0.15, 0.2) is 0 Å². The molecule has 5 heteroatoms. The van der Waals surface area contributed by atoms with Gasteiger partial charge in [-0.25, -0.2) is 0 Å². The van der Waals surface area contributed by atoms with Crippen LogP contribution in [0.5, 0.6) is 0 Å². The maximum Gasteiger partial charge on any atom is 0.119 e. The molecule has 0 aromatic carbocycles. The van der Waals surface area contributed by atoms with Crippen LogP contribution in [0.25, 0.3) is 0 Å². The third-order valence-electron chi connectivity index (χ3n) is 2.99. The molecule has 2 radical (unpaired) electrons. The first-order valence-corrected chi connectivity index (χ1v) is 5.85. The van der Waals surface area contributed by atoms with Crippen LogP contribution in [-0.4, -0.2) is 57.4 Å². The van der Waals surface area contributed by atoms with Gasteiger partial charge in [0.25, 0.3) is 0 Å². The van der Waals surface area contributed by atoms with Gasteiger partial charge in [-0.05, 0) is 12.2 Å². The molecule has 0 spiro atoms. The predicted molar refractivity (Wildman–Crippen MR) is 56.9 cm³/mol.